The van der Waals surface area contributed by atoms with Crippen LogP contribution < -0.4 is 16.0 Å². The molecule has 0 aliphatic rings. The van der Waals surface area contributed by atoms with Crippen LogP contribution in [-0.2, 0) is 6.42 Å². The minimum atomic E-state index is 0.149. The van der Waals surface area contributed by atoms with Gasteiger partial charge in [-0.25, -0.2) is 0 Å². The molecule has 0 saturated carbocycles. The molecule has 0 saturated heterocycles. The molecular formula is C18H24N2O. The van der Waals surface area contributed by atoms with Crippen molar-refractivity contribution < 1.29 is 4.74 Å². The molecule has 1 unspecified atom stereocenters. The van der Waals surface area contributed by atoms with Gasteiger partial charge in [0, 0.05) is 6.04 Å². The molecule has 3 heteroatoms. The lowest BCUT2D eigenvalue weighted by molar-refractivity contribution is 0.413. The van der Waals surface area contributed by atoms with E-state index in [0.29, 0.717) is 0 Å². The standard InChI is InChI=1S/C18H24N2O/c1-13-6-4-5-7-15(13)8-11-18(20-19)17-10-9-16(21-3)12-14(17)2/h4-7,9-10,12,18,20H,8,11,19H2,1-3H3. The van der Waals surface area contributed by atoms with E-state index in [0.717, 1.165) is 18.6 Å². The molecule has 112 valence electrons. The third-order valence-corrected chi connectivity index (χ3v) is 4.02. The molecule has 2 aromatic rings. The lowest BCUT2D eigenvalue weighted by atomic mass is 9.94. The van der Waals surface area contributed by atoms with Crippen LogP contribution in [0.1, 0.15) is 34.7 Å². The molecule has 2 aromatic carbocycles. The van der Waals surface area contributed by atoms with Crippen molar-refractivity contribution in [3.8, 4) is 5.75 Å². The molecule has 0 aliphatic heterocycles. The summed E-state index contributed by atoms with van der Waals surface area (Å²) in [5.41, 5.74) is 8.08. The quantitative estimate of drug-likeness (QED) is 0.631. The van der Waals surface area contributed by atoms with Gasteiger partial charge in [-0.15, -0.1) is 0 Å². The molecule has 1 atom stereocenters. The van der Waals surface area contributed by atoms with Gasteiger partial charge in [0.05, 0.1) is 7.11 Å². The molecule has 0 heterocycles. The van der Waals surface area contributed by atoms with Crippen LogP contribution in [0.5, 0.6) is 5.75 Å². The van der Waals surface area contributed by atoms with E-state index in [9.17, 15) is 0 Å². The highest BCUT2D eigenvalue weighted by Crippen LogP contribution is 2.25. The summed E-state index contributed by atoms with van der Waals surface area (Å²) in [4.78, 5) is 0. The number of nitrogens with one attached hydrogen (secondary N) is 1. The third kappa shape index (κ3) is 3.84. The monoisotopic (exact) mass is 284 g/mol. The van der Waals surface area contributed by atoms with Crippen molar-refractivity contribution in [1.82, 2.24) is 5.43 Å². The van der Waals surface area contributed by atoms with Crippen molar-refractivity contribution in [3.05, 3.63) is 64.7 Å². The number of nitrogens with two attached hydrogens (primary N) is 1. The maximum absolute atomic E-state index is 5.77. The van der Waals surface area contributed by atoms with Gasteiger partial charge in [-0.1, -0.05) is 30.3 Å². The predicted molar refractivity (Wildman–Crippen MR) is 87.3 cm³/mol. The SMILES string of the molecule is COc1ccc(C(CCc2ccccc2C)NN)c(C)c1. The van der Waals surface area contributed by atoms with Gasteiger partial charge in [0.15, 0.2) is 0 Å². The topological polar surface area (TPSA) is 47.3 Å². The van der Waals surface area contributed by atoms with Crippen LogP contribution in [-0.4, -0.2) is 7.11 Å². The molecule has 0 fully saturated rings. The Morgan fingerprint density at radius 1 is 1.10 bits per heavy atom. The summed E-state index contributed by atoms with van der Waals surface area (Å²) in [5.74, 6) is 6.65. The molecule has 0 bridgehead atoms. The second kappa shape index (κ2) is 7.25. The van der Waals surface area contributed by atoms with Gasteiger partial charge in [-0.2, -0.15) is 0 Å². The van der Waals surface area contributed by atoms with Crippen molar-refractivity contribution in [2.75, 3.05) is 7.11 Å². The average molecular weight is 284 g/mol. The highest BCUT2D eigenvalue weighted by atomic mass is 16.5. The van der Waals surface area contributed by atoms with Crippen molar-refractivity contribution in [2.24, 2.45) is 5.84 Å². The maximum atomic E-state index is 5.77. The smallest absolute Gasteiger partial charge is 0.119 e. The van der Waals surface area contributed by atoms with E-state index in [1.165, 1.54) is 22.3 Å². The van der Waals surface area contributed by atoms with Crippen LogP contribution in [0.25, 0.3) is 0 Å². The number of hydrazine groups is 1. The Bertz CT molecular complexity index is 596. The first-order valence-corrected chi connectivity index (χ1v) is 7.31. The molecule has 0 amide bonds. The number of methoxy groups -OCH3 is 1. The summed E-state index contributed by atoms with van der Waals surface area (Å²) in [6.07, 6.45) is 1.97. The van der Waals surface area contributed by atoms with E-state index < -0.39 is 0 Å². The molecule has 21 heavy (non-hydrogen) atoms. The van der Waals surface area contributed by atoms with E-state index in [1.54, 1.807) is 7.11 Å². The zero-order chi connectivity index (χ0) is 15.2. The zero-order valence-electron chi connectivity index (χ0n) is 13.0. The van der Waals surface area contributed by atoms with Gasteiger partial charge in [0.25, 0.3) is 0 Å². The molecule has 3 nitrogen and oxygen atoms in total. The van der Waals surface area contributed by atoms with Gasteiger partial charge in [0.2, 0.25) is 0 Å². The van der Waals surface area contributed by atoms with E-state index in [4.69, 9.17) is 10.6 Å². The Morgan fingerprint density at radius 3 is 2.48 bits per heavy atom. The van der Waals surface area contributed by atoms with Crippen LogP contribution >= 0.6 is 0 Å². The van der Waals surface area contributed by atoms with E-state index in [-0.39, 0.29) is 6.04 Å². The minimum Gasteiger partial charge on any atom is -0.497 e. The fourth-order valence-electron chi connectivity index (χ4n) is 2.69. The highest BCUT2D eigenvalue weighted by molar-refractivity contribution is 5.37. The first kappa shape index (κ1) is 15.5. The predicted octanol–water partition coefficient (Wildman–Crippen LogP) is 3.45. The lowest BCUT2D eigenvalue weighted by Crippen LogP contribution is -2.29. The second-order valence-corrected chi connectivity index (χ2v) is 5.41. The van der Waals surface area contributed by atoms with Gasteiger partial charge >= 0.3 is 0 Å². The number of rotatable bonds is 6. The van der Waals surface area contributed by atoms with Crippen molar-refractivity contribution in [3.63, 3.8) is 0 Å². The van der Waals surface area contributed by atoms with Crippen LogP contribution in [0.2, 0.25) is 0 Å². The average Bonchev–Trinajstić information content (AvgIpc) is 2.50. The number of ether oxygens (including phenoxy) is 1. The van der Waals surface area contributed by atoms with Crippen LogP contribution in [0.4, 0.5) is 0 Å². The molecule has 2 rings (SSSR count). The van der Waals surface area contributed by atoms with Crippen molar-refractivity contribution in [1.29, 1.82) is 0 Å². The fourth-order valence-corrected chi connectivity index (χ4v) is 2.69. The molecule has 0 radical (unpaired) electrons. The first-order chi connectivity index (χ1) is 10.2. The van der Waals surface area contributed by atoms with Crippen molar-refractivity contribution in [2.45, 2.75) is 32.7 Å². The van der Waals surface area contributed by atoms with Gasteiger partial charge in [-0.05, 0) is 61.1 Å². The Labute approximate surface area is 127 Å². The van der Waals surface area contributed by atoms with Gasteiger partial charge in [-0.3, -0.25) is 11.3 Å². The summed E-state index contributed by atoms with van der Waals surface area (Å²) in [6.45, 7) is 4.24. The largest absolute Gasteiger partial charge is 0.497 e. The Balaban J connectivity index is 2.11. The number of hydrogen-bond acceptors (Lipinski definition) is 3. The molecule has 3 N–H and O–H groups in total. The summed E-state index contributed by atoms with van der Waals surface area (Å²) in [7, 11) is 1.69. The third-order valence-electron chi connectivity index (χ3n) is 4.02. The first-order valence-electron chi connectivity index (χ1n) is 7.31. The summed E-state index contributed by atoms with van der Waals surface area (Å²) >= 11 is 0. The lowest BCUT2D eigenvalue weighted by Gasteiger charge is -2.19. The molecule has 0 aliphatic carbocycles. The maximum Gasteiger partial charge on any atom is 0.119 e. The normalized spacial score (nSPS) is 12.2. The fraction of sp³-hybridized carbons (Fsp3) is 0.333. The van der Waals surface area contributed by atoms with E-state index in [1.807, 2.05) is 12.1 Å². The van der Waals surface area contributed by atoms with Crippen LogP contribution in [0, 0.1) is 13.8 Å². The second-order valence-electron chi connectivity index (χ2n) is 5.41. The summed E-state index contributed by atoms with van der Waals surface area (Å²) in [6, 6.07) is 14.8. The number of benzene rings is 2. The highest BCUT2D eigenvalue weighted by Gasteiger charge is 2.13. The Hall–Kier alpha value is -1.84. The van der Waals surface area contributed by atoms with Crippen LogP contribution in [0.15, 0.2) is 42.5 Å². The molecule has 0 aromatic heterocycles. The zero-order valence-corrected chi connectivity index (χ0v) is 13.0. The number of aryl methyl sites for hydroxylation is 3. The summed E-state index contributed by atoms with van der Waals surface area (Å²) < 4.78 is 5.26. The van der Waals surface area contributed by atoms with Gasteiger partial charge < -0.3 is 4.74 Å². The summed E-state index contributed by atoms with van der Waals surface area (Å²) in [5, 5.41) is 0. The van der Waals surface area contributed by atoms with Crippen LogP contribution in [0.3, 0.4) is 0 Å². The Kier molecular flexibility index (Phi) is 5.37. The number of hydrogen-bond donors (Lipinski definition) is 2. The minimum absolute atomic E-state index is 0.149. The van der Waals surface area contributed by atoms with E-state index >= 15 is 0 Å². The molecular weight excluding hydrogens is 260 g/mol. The van der Waals surface area contributed by atoms with Crippen molar-refractivity contribution >= 4 is 0 Å². The van der Waals surface area contributed by atoms with Gasteiger partial charge in [0.1, 0.15) is 5.75 Å². The van der Waals surface area contributed by atoms with E-state index in [2.05, 4.69) is 49.6 Å². The molecule has 0 spiro atoms. The Morgan fingerprint density at radius 2 is 1.86 bits per heavy atom.